The van der Waals surface area contributed by atoms with Crippen LogP contribution in [0.4, 0.5) is 4.79 Å². The highest BCUT2D eigenvalue weighted by atomic mass is 16.6. The zero-order valence-corrected chi connectivity index (χ0v) is 12.6. The van der Waals surface area contributed by atoms with Gasteiger partial charge in [0, 0.05) is 12.5 Å². The minimum absolute atomic E-state index is 0.0742. The molecular weight excluding hydrogens is 244 g/mol. The van der Waals surface area contributed by atoms with Crippen molar-refractivity contribution >= 4 is 12.0 Å². The number of hydrogen-bond acceptors (Lipinski definition) is 3. The van der Waals surface area contributed by atoms with Crippen LogP contribution in [0, 0.1) is 11.3 Å². The van der Waals surface area contributed by atoms with Gasteiger partial charge >= 0.3 is 6.09 Å². The molecule has 1 unspecified atom stereocenters. The quantitative estimate of drug-likeness (QED) is 0.803. The molecule has 0 radical (unpaired) electrons. The second kappa shape index (κ2) is 5.39. The highest BCUT2D eigenvalue weighted by Gasteiger charge is 2.43. The van der Waals surface area contributed by atoms with Crippen molar-refractivity contribution < 1.29 is 14.3 Å². The third-order valence-corrected chi connectivity index (χ3v) is 3.24. The summed E-state index contributed by atoms with van der Waals surface area (Å²) in [6.45, 7) is 9.39. The maximum Gasteiger partial charge on any atom is 0.407 e. The van der Waals surface area contributed by atoms with Crippen LogP contribution < -0.4 is 11.1 Å². The molecule has 0 spiro atoms. The van der Waals surface area contributed by atoms with Gasteiger partial charge in [-0.15, -0.1) is 0 Å². The van der Waals surface area contributed by atoms with Gasteiger partial charge in [-0.1, -0.05) is 13.8 Å². The van der Waals surface area contributed by atoms with Crippen LogP contribution in [0.25, 0.3) is 0 Å². The van der Waals surface area contributed by atoms with Gasteiger partial charge in [0.2, 0.25) is 5.91 Å². The van der Waals surface area contributed by atoms with Gasteiger partial charge in [0.25, 0.3) is 0 Å². The van der Waals surface area contributed by atoms with Crippen molar-refractivity contribution in [2.24, 2.45) is 17.1 Å². The van der Waals surface area contributed by atoms with Crippen LogP contribution >= 0.6 is 0 Å². The molecule has 0 aromatic carbocycles. The molecule has 0 heterocycles. The number of hydrogen-bond donors (Lipinski definition) is 2. The molecule has 0 aromatic rings. The summed E-state index contributed by atoms with van der Waals surface area (Å²) in [5.41, 5.74) is 4.41. The minimum atomic E-state index is -0.522. The molecule has 0 bridgehead atoms. The molecule has 1 aliphatic carbocycles. The van der Waals surface area contributed by atoms with Crippen LogP contribution in [0.1, 0.15) is 53.9 Å². The van der Waals surface area contributed by atoms with Gasteiger partial charge in [0.05, 0.1) is 0 Å². The van der Waals surface area contributed by atoms with Gasteiger partial charge in [-0.3, -0.25) is 4.79 Å². The van der Waals surface area contributed by atoms with Crippen molar-refractivity contribution in [3.05, 3.63) is 0 Å². The number of rotatable bonds is 5. The number of primary amides is 1. The fourth-order valence-electron chi connectivity index (χ4n) is 2.37. The Morgan fingerprint density at radius 2 is 1.79 bits per heavy atom. The Kier molecular flexibility index (Phi) is 4.48. The molecule has 5 nitrogen and oxygen atoms in total. The van der Waals surface area contributed by atoms with Crippen molar-refractivity contribution in [3.8, 4) is 0 Å². The lowest BCUT2D eigenvalue weighted by atomic mass is 9.78. The summed E-state index contributed by atoms with van der Waals surface area (Å²) in [4.78, 5) is 23.0. The molecule has 0 aromatic heterocycles. The fourth-order valence-corrected chi connectivity index (χ4v) is 2.37. The molecule has 2 amide bonds. The number of carbonyl (C=O) groups is 2. The molecule has 0 saturated heterocycles. The van der Waals surface area contributed by atoms with Crippen LogP contribution in [-0.4, -0.2) is 23.6 Å². The van der Waals surface area contributed by atoms with E-state index in [4.69, 9.17) is 10.5 Å². The van der Waals surface area contributed by atoms with Crippen LogP contribution in [0.5, 0.6) is 0 Å². The average Bonchev–Trinajstić information content (AvgIpc) is 2.91. The molecule has 3 N–H and O–H groups in total. The highest BCUT2D eigenvalue weighted by molar-refractivity contribution is 5.75. The van der Waals surface area contributed by atoms with E-state index in [1.165, 1.54) is 0 Å². The topological polar surface area (TPSA) is 81.4 Å². The fraction of sp³-hybridized carbons (Fsp3) is 0.857. The Morgan fingerprint density at radius 3 is 2.16 bits per heavy atom. The summed E-state index contributed by atoms with van der Waals surface area (Å²) in [5.74, 6) is 0.0727. The molecule has 110 valence electrons. The summed E-state index contributed by atoms with van der Waals surface area (Å²) in [7, 11) is 0. The number of ether oxygens (including phenoxy) is 1. The van der Waals surface area contributed by atoms with E-state index in [2.05, 4.69) is 5.32 Å². The van der Waals surface area contributed by atoms with Crippen LogP contribution in [0.3, 0.4) is 0 Å². The molecule has 1 aliphatic rings. The smallest absolute Gasteiger partial charge is 0.407 e. The lowest BCUT2D eigenvalue weighted by molar-refractivity contribution is -0.120. The minimum Gasteiger partial charge on any atom is -0.444 e. The molecule has 1 rings (SSSR count). The monoisotopic (exact) mass is 270 g/mol. The first-order valence-electron chi connectivity index (χ1n) is 6.79. The summed E-state index contributed by atoms with van der Waals surface area (Å²) < 4.78 is 5.28. The number of amides is 2. The third kappa shape index (κ3) is 5.49. The first kappa shape index (κ1) is 15.8. The zero-order valence-electron chi connectivity index (χ0n) is 12.6. The third-order valence-electron chi connectivity index (χ3n) is 3.24. The first-order chi connectivity index (χ1) is 8.51. The van der Waals surface area contributed by atoms with Crippen molar-refractivity contribution in [2.75, 3.05) is 0 Å². The van der Waals surface area contributed by atoms with E-state index < -0.39 is 11.7 Å². The van der Waals surface area contributed by atoms with Gasteiger partial charge < -0.3 is 15.8 Å². The lowest BCUT2D eigenvalue weighted by Gasteiger charge is -2.35. The van der Waals surface area contributed by atoms with E-state index in [1.807, 2.05) is 34.6 Å². The Balaban J connectivity index is 2.68. The summed E-state index contributed by atoms with van der Waals surface area (Å²) >= 11 is 0. The van der Waals surface area contributed by atoms with E-state index in [1.54, 1.807) is 0 Å². The largest absolute Gasteiger partial charge is 0.444 e. The van der Waals surface area contributed by atoms with Crippen molar-refractivity contribution in [1.29, 1.82) is 0 Å². The van der Waals surface area contributed by atoms with Crippen LogP contribution in [0.15, 0.2) is 0 Å². The predicted molar refractivity (Wildman–Crippen MR) is 73.5 cm³/mol. The number of nitrogens with two attached hydrogens (primary N) is 1. The van der Waals surface area contributed by atoms with Gasteiger partial charge in [0.15, 0.2) is 0 Å². The Bertz CT molecular complexity index is 354. The van der Waals surface area contributed by atoms with Crippen LogP contribution in [-0.2, 0) is 9.53 Å². The number of nitrogens with one attached hydrogen (secondary N) is 1. The van der Waals surface area contributed by atoms with Gasteiger partial charge in [-0.2, -0.15) is 0 Å². The van der Waals surface area contributed by atoms with Gasteiger partial charge in [-0.05, 0) is 44.9 Å². The maximum absolute atomic E-state index is 11.9. The molecule has 5 heteroatoms. The van der Waals surface area contributed by atoms with E-state index in [0.717, 1.165) is 12.8 Å². The van der Waals surface area contributed by atoms with E-state index in [-0.39, 0.29) is 23.8 Å². The van der Waals surface area contributed by atoms with E-state index in [0.29, 0.717) is 5.92 Å². The Labute approximate surface area is 115 Å². The predicted octanol–water partition coefficient (Wildman–Crippen LogP) is 2.19. The average molecular weight is 270 g/mol. The van der Waals surface area contributed by atoms with Crippen molar-refractivity contribution in [2.45, 2.75) is 65.5 Å². The molecule has 1 atom stereocenters. The standard InChI is InChI=1S/C14H26N2O3/c1-13(2,3)19-12(18)16-11(9-6-7-9)14(4,5)8-10(15)17/h9,11H,6-8H2,1-5H3,(H2,15,17)(H,16,18). The summed E-state index contributed by atoms with van der Waals surface area (Å²) in [6, 6.07) is -0.0742. The lowest BCUT2D eigenvalue weighted by Crippen LogP contribution is -2.49. The zero-order chi connectivity index (χ0) is 14.8. The Hall–Kier alpha value is -1.26. The molecule has 0 aliphatic heterocycles. The Morgan fingerprint density at radius 1 is 1.26 bits per heavy atom. The van der Waals surface area contributed by atoms with Crippen LogP contribution in [0.2, 0.25) is 0 Å². The molecule has 1 saturated carbocycles. The van der Waals surface area contributed by atoms with Gasteiger partial charge in [-0.25, -0.2) is 4.79 Å². The normalized spacial score (nSPS) is 17.7. The summed E-state index contributed by atoms with van der Waals surface area (Å²) in [6.07, 6.45) is 1.97. The second-order valence-corrected chi connectivity index (χ2v) is 7.09. The van der Waals surface area contributed by atoms with E-state index >= 15 is 0 Å². The van der Waals surface area contributed by atoms with E-state index in [9.17, 15) is 9.59 Å². The maximum atomic E-state index is 11.9. The molecular formula is C14H26N2O3. The van der Waals surface area contributed by atoms with Crippen molar-refractivity contribution in [3.63, 3.8) is 0 Å². The second-order valence-electron chi connectivity index (χ2n) is 7.09. The number of alkyl carbamates (subject to hydrolysis) is 1. The van der Waals surface area contributed by atoms with Crippen molar-refractivity contribution in [1.82, 2.24) is 5.32 Å². The summed E-state index contributed by atoms with van der Waals surface area (Å²) in [5, 5.41) is 2.91. The molecule has 1 fully saturated rings. The SMILES string of the molecule is CC(C)(C)OC(=O)NC(C1CC1)C(C)(C)CC(N)=O. The highest BCUT2D eigenvalue weighted by Crippen LogP contribution is 2.42. The van der Waals surface area contributed by atoms with Gasteiger partial charge in [0.1, 0.15) is 5.60 Å². The first-order valence-corrected chi connectivity index (χ1v) is 6.79. The molecule has 19 heavy (non-hydrogen) atoms. The number of carbonyl (C=O) groups excluding carboxylic acids is 2.